The molecule has 0 radical (unpaired) electrons. The molecule has 0 bridgehead atoms. The lowest BCUT2D eigenvalue weighted by Gasteiger charge is -2.24. The molecular weight excluding hydrogens is 441 g/mol. The van der Waals surface area contributed by atoms with Gasteiger partial charge in [0.25, 0.3) is 5.78 Å². The first kappa shape index (κ1) is 24.3. The molecule has 0 amide bonds. The number of fused-ring (bicyclic) bond motifs is 3. The predicted octanol–water partition coefficient (Wildman–Crippen LogP) is 6.62. The summed E-state index contributed by atoms with van der Waals surface area (Å²) in [4.78, 5) is 6.38. The van der Waals surface area contributed by atoms with Crippen LogP contribution in [-0.2, 0) is 0 Å². The topological polar surface area (TPSA) is 46.3 Å². The number of halogens is 5. The number of aryl methyl sites for hydroxylation is 1. The Labute approximate surface area is 187 Å². The molecule has 10 heteroatoms. The van der Waals surface area contributed by atoms with E-state index < -0.39 is 11.6 Å². The van der Waals surface area contributed by atoms with E-state index in [1.807, 2.05) is 24.8 Å². The van der Waals surface area contributed by atoms with Crippen LogP contribution in [-0.4, -0.2) is 32.3 Å². The summed E-state index contributed by atoms with van der Waals surface area (Å²) in [6.07, 6.45) is -2.53. The second-order valence-corrected chi connectivity index (χ2v) is 8.58. The molecular formula is C23H24F5N5. The minimum atomic E-state index is -4.06. The van der Waals surface area contributed by atoms with Gasteiger partial charge in [-0.15, -0.1) is 10.2 Å². The van der Waals surface area contributed by atoms with Gasteiger partial charge >= 0.3 is 6.18 Å². The first-order valence-corrected chi connectivity index (χ1v) is 10.2. The van der Waals surface area contributed by atoms with Crippen LogP contribution >= 0.6 is 0 Å². The van der Waals surface area contributed by atoms with Gasteiger partial charge < -0.3 is 4.90 Å². The third kappa shape index (κ3) is 5.20. The first-order valence-electron chi connectivity index (χ1n) is 10.2. The summed E-state index contributed by atoms with van der Waals surface area (Å²) < 4.78 is 64.2. The van der Waals surface area contributed by atoms with Crippen molar-refractivity contribution < 1.29 is 22.0 Å². The van der Waals surface area contributed by atoms with Crippen molar-refractivity contribution in [2.45, 2.75) is 40.8 Å². The molecule has 0 atom stereocenters. The maximum atomic E-state index is 13.9. The van der Waals surface area contributed by atoms with Crippen LogP contribution < -0.4 is 4.90 Å². The molecule has 176 valence electrons. The van der Waals surface area contributed by atoms with Crippen LogP contribution in [0.25, 0.3) is 16.7 Å². The molecule has 0 aliphatic heterocycles. The van der Waals surface area contributed by atoms with E-state index in [1.165, 1.54) is 30.6 Å². The average molecular weight is 465 g/mol. The highest BCUT2D eigenvalue weighted by molar-refractivity contribution is 5.93. The first-order chi connectivity index (χ1) is 15.3. The lowest BCUT2D eigenvalue weighted by atomic mass is 9.96. The van der Waals surface area contributed by atoms with Crippen molar-refractivity contribution in [2.24, 2.45) is 5.41 Å². The summed E-state index contributed by atoms with van der Waals surface area (Å²) in [6, 6.07) is 9.24. The number of alkyl halides is 3. The number of benzene rings is 2. The van der Waals surface area contributed by atoms with E-state index in [4.69, 9.17) is 0 Å². The van der Waals surface area contributed by atoms with E-state index in [9.17, 15) is 22.0 Å². The maximum absolute atomic E-state index is 13.9. The molecule has 0 fully saturated rings. The highest BCUT2D eigenvalue weighted by atomic mass is 19.4. The van der Waals surface area contributed by atoms with Gasteiger partial charge in [-0.1, -0.05) is 20.8 Å². The Balaban J connectivity index is 0.000000331. The fourth-order valence-electron chi connectivity index (χ4n) is 3.06. The van der Waals surface area contributed by atoms with Crippen LogP contribution in [0.3, 0.4) is 0 Å². The van der Waals surface area contributed by atoms with Gasteiger partial charge in [-0.05, 0) is 55.8 Å². The van der Waals surface area contributed by atoms with Crippen molar-refractivity contribution in [3.05, 3.63) is 59.9 Å². The summed E-state index contributed by atoms with van der Waals surface area (Å²) >= 11 is 0. The number of rotatable bonds is 3. The Morgan fingerprint density at radius 3 is 2.21 bits per heavy atom. The van der Waals surface area contributed by atoms with E-state index in [2.05, 4.69) is 15.2 Å². The highest BCUT2D eigenvalue weighted by Gasteiger charge is 2.42. The van der Waals surface area contributed by atoms with Crippen molar-refractivity contribution in [1.82, 2.24) is 19.6 Å². The number of nitrogens with zero attached hydrogens (tertiary/aromatic N) is 5. The van der Waals surface area contributed by atoms with Gasteiger partial charge in [-0.2, -0.15) is 18.2 Å². The van der Waals surface area contributed by atoms with Gasteiger partial charge in [0.15, 0.2) is 0 Å². The summed E-state index contributed by atoms with van der Waals surface area (Å²) in [7, 11) is 0. The number of anilines is 2. The van der Waals surface area contributed by atoms with Crippen molar-refractivity contribution >= 4 is 28.2 Å². The van der Waals surface area contributed by atoms with Crippen LogP contribution in [0.2, 0.25) is 0 Å². The van der Waals surface area contributed by atoms with Crippen LogP contribution in [0.1, 0.15) is 33.3 Å². The molecule has 2 heterocycles. The Kier molecular flexibility index (Phi) is 6.58. The number of hydrogen-bond donors (Lipinski definition) is 0. The van der Waals surface area contributed by atoms with Crippen molar-refractivity contribution in [3.8, 4) is 0 Å². The molecule has 0 aliphatic carbocycles. The van der Waals surface area contributed by atoms with Crippen LogP contribution in [0.4, 0.5) is 33.5 Å². The molecule has 0 unspecified atom stereocenters. The molecule has 4 rings (SSSR count). The lowest BCUT2D eigenvalue weighted by molar-refractivity contribution is -0.204. The zero-order valence-electron chi connectivity index (χ0n) is 18.9. The van der Waals surface area contributed by atoms with Crippen molar-refractivity contribution in [1.29, 1.82) is 0 Å². The quantitative estimate of drug-likeness (QED) is 0.319. The average Bonchev–Trinajstić information content (AvgIpc) is 3.15. The van der Waals surface area contributed by atoms with Crippen LogP contribution in [0.5, 0.6) is 0 Å². The maximum Gasteiger partial charge on any atom is 0.393 e. The second kappa shape index (κ2) is 8.92. The van der Waals surface area contributed by atoms with E-state index in [-0.39, 0.29) is 11.6 Å². The Morgan fingerprint density at radius 1 is 0.970 bits per heavy atom. The molecule has 2 aromatic heterocycles. The zero-order valence-corrected chi connectivity index (χ0v) is 18.9. The molecule has 0 saturated carbocycles. The SMILES string of the molecule is CC(C)(C)C(F)(F)F.CCN(c1cc(C)cc(F)c1)c1nc2nncn2c2ccc(F)cc12. The van der Waals surface area contributed by atoms with Gasteiger partial charge in [0.2, 0.25) is 0 Å². The molecule has 0 aliphatic rings. The molecule has 4 aromatic rings. The predicted molar refractivity (Wildman–Crippen MR) is 118 cm³/mol. The summed E-state index contributed by atoms with van der Waals surface area (Å²) in [5.74, 6) is 0.227. The minimum Gasteiger partial charge on any atom is -0.326 e. The molecule has 0 saturated heterocycles. The monoisotopic (exact) mass is 465 g/mol. The highest BCUT2D eigenvalue weighted by Crippen LogP contribution is 2.36. The molecule has 5 nitrogen and oxygen atoms in total. The Bertz CT molecular complexity index is 1240. The van der Waals surface area contributed by atoms with Crippen molar-refractivity contribution in [3.63, 3.8) is 0 Å². The Morgan fingerprint density at radius 2 is 1.64 bits per heavy atom. The van der Waals surface area contributed by atoms with E-state index in [0.717, 1.165) is 31.9 Å². The van der Waals surface area contributed by atoms with Crippen LogP contribution in [0.15, 0.2) is 42.7 Å². The van der Waals surface area contributed by atoms with Gasteiger partial charge in [0.1, 0.15) is 23.8 Å². The summed E-state index contributed by atoms with van der Waals surface area (Å²) in [5, 5.41) is 8.49. The normalized spacial score (nSPS) is 12.1. The zero-order chi connectivity index (χ0) is 24.6. The van der Waals surface area contributed by atoms with Crippen LogP contribution in [0, 0.1) is 24.0 Å². The van der Waals surface area contributed by atoms with Gasteiger partial charge in [-0.3, -0.25) is 4.40 Å². The minimum absolute atomic E-state index is 0.326. The summed E-state index contributed by atoms with van der Waals surface area (Å²) in [5.41, 5.74) is 0.625. The van der Waals surface area contributed by atoms with E-state index >= 15 is 0 Å². The molecule has 2 aromatic carbocycles. The van der Waals surface area contributed by atoms with Gasteiger partial charge in [-0.25, -0.2) is 8.78 Å². The standard InChI is InChI=1S/C18H15F2N5.C5H9F3/c1-3-24(14-7-11(2)6-13(20)8-14)17-15-9-12(19)4-5-16(15)25-10-21-23-18(25)22-17;1-4(2,3)5(6,7)8/h4-10H,3H2,1-2H3;1-3H3. The Hall–Kier alpha value is -3.30. The van der Waals surface area contributed by atoms with Gasteiger partial charge in [0.05, 0.1) is 10.9 Å². The van der Waals surface area contributed by atoms with E-state index in [1.54, 1.807) is 10.5 Å². The molecule has 33 heavy (non-hydrogen) atoms. The van der Waals surface area contributed by atoms with Gasteiger partial charge in [0, 0.05) is 17.6 Å². The number of hydrogen-bond acceptors (Lipinski definition) is 4. The number of aromatic nitrogens is 4. The van der Waals surface area contributed by atoms with Crippen molar-refractivity contribution in [2.75, 3.05) is 11.4 Å². The third-order valence-electron chi connectivity index (χ3n) is 4.96. The third-order valence-corrected chi connectivity index (χ3v) is 4.96. The summed E-state index contributed by atoms with van der Waals surface area (Å²) in [6.45, 7) is 7.73. The fraction of sp³-hybridized carbons (Fsp3) is 0.348. The fourth-order valence-corrected chi connectivity index (χ4v) is 3.06. The lowest BCUT2D eigenvalue weighted by Crippen LogP contribution is -2.28. The molecule has 0 spiro atoms. The second-order valence-electron chi connectivity index (χ2n) is 8.58. The van der Waals surface area contributed by atoms with E-state index in [0.29, 0.717) is 29.2 Å². The smallest absolute Gasteiger partial charge is 0.326 e. The largest absolute Gasteiger partial charge is 0.393 e. The molecule has 0 N–H and O–H groups in total.